The first-order chi connectivity index (χ1) is 12.9. The highest BCUT2D eigenvalue weighted by molar-refractivity contribution is 9.10. The van der Waals surface area contributed by atoms with Crippen molar-refractivity contribution in [2.75, 3.05) is 13.7 Å². The summed E-state index contributed by atoms with van der Waals surface area (Å²) in [6.45, 7) is 2.38. The highest BCUT2D eigenvalue weighted by Crippen LogP contribution is 2.37. The average Bonchev–Trinajstić information content (AvgIpc) is 2.97. The van der Waals surface area contributed by atoms with Crippen LogP contribution < -0.4 is 9.47 Å². The van der Waals surface area contributed by atoms with Crippen LogP contribution in [0, 0.1) is 0 Å². The molecule has 0 spiro atoms. The Morgan fingerprint density at radius 1 is 1.26 bits per heavy atom. The number of hydrogen-bond acceptors (Lipinski definition) is 5. The van der Waals surface area contributed by atoms with Crippen LogP contribution in [0.25, 0.3) is 6.08 Å². The lowest BCUT2D eigenvalue weighted by Crippen LogP contribution is -2.05. The number of methoxy groups -OCH3 is 1. The molecule has 0 saturated carbocycles. The Bertz CT molecular complexity index is 972. The van der Waals surface area contributed by atoms with Gasteiger partial charge in [0.1, 0.15) is 0 Å². The van der Waals surface area contributed by atoms with E-state index in [1.807, 2.05) is 6.92 Å². The molecule has 0 fully saturated rings. The molecule has 0 aliphatic carbocycles. The van der Waals surface area contributed by atoms with E-state index < -0.39 is 5.97 Å². The minimum Gasteiger partial charge on any atom is -0.493 e. The maximum atomic E-state index is 12.2. The first-order valence-electron chi connectivity index (χ1n) is 7.91. The quantitative estimate of drug-likeness (QED) is 0.427. The average molecular weight is 471 g/mol. The standard InChI is InChI=1S/C19H14BrCl2NO4/c1-3-26-17-13(20)6-10(8-16(17)25-2)7-15-19(24)27-18(23-15)12-5-4-11(21)9-14(12)22/h4-9H,3H2,1-2H3/b15-7-. The second kappa shape index (κ2) is 8.33. The van der Waals surface area contributed by atoms with Gasteiger partial charge >= 0.3 is 5.97 Å². The molecule has 0 N–H and O–H groups in total. The lowest BCUT2D eigenvalue weighted by molar-refractivity contribution is -0.129. The molecular weight excluding hydrogens is 457 g/mol. The van der Waals surface area contributed by atoms with Gasteiger partial charge in [-0.05, 0) is 64.8 Å². The fourth-order valence-corrected chi connectivity index (χ4v) is 3.52. The number of carbonyl (C=O) groups is 1. The van der Waals surface area contributed by atoms with Crippen LogP contribution in [-0.4, -0.2) is 25.6 Å². The van der Waals surface area contributed by atoms with Crippen LogP contribution in [0.5, 0.6) is 11.5 Å². The predicted molar refractivity (Wildman–Crippen MR) is 109 cm³/mol. The van der Waals surface area contributed by atoms with E-state index in [9.17, 15) is 4.79 Å². The van der Waals surface area contributed by atoms with Crippen molar-refractivity contribution in [1.29, 1.82) is 0 Å². The van der Waals surface area contributed by atoms with Crippen molar-refractivity contribution in [2.24, 2.45) is 4.99 Å². The molecule has 2 aromatic carbocycles. The molecule has 0 saturated heterocycles. The lowest BCUT2D eigenvalue weighted by atomic mass is 10.1. The molecule has 0 aromatic heterocycles. The van der Waals surface area contributed by atoms with Gasteiger partial charge in [-0.15, -0.1) is 0 Å². The number of rotatable bonds is 5. The molecule has 1 aliphatic heterocycles. The maximum absolute atomic E-state index is 12.2. The summed E-state index contributed by atoms with van der Waals surface area (Å²) >= 11 is 15.5. The van der Waals surface area contributed by atoms with E-state index in [0.29, 0.717) is 43.8 Å². The van der Waals surface area contributed by atoms with E-state index in [0.717, 1.165) is 0 Å². The predicted octanol–water partition coefficient (Wildman–Crippen LogP) is 5.51. The third-order valence-corrected chi connectivity index (χ3v) is 4.76. The molecule has 0 bridgehead atoms. The van der Waals surface area contributed by atoms with Gasteiger partial charge in [0, 0.05) is 5.02 Å². The monoisotopic (exact) mass is 469 g/mol. The number of halogens is 3. The van der Waals surface area contributed by atoms with Crippen molar-refractivity contribution in [3.8, 4) is 11.5 Å². The zero-order valence-electron chi connectivity index (χ0n) is 14.4. The van der Waals surface area contributed by atoms with Crippen LogP contribution in [-0.2, 0) is 9.53 Å². The Labute approximate surface area is 174 Å². The summed E-state index contributed by atoms with van der Waals surface area (Å²) in [4.78, 5) is 16.5. The number of hydrogen-bond donors (Lipinski definition) is 0. The summed E-state index contributed by atoms with van der Waals surface area (Å²) in [7, 11) is 1.55. The Kier molecular flexibility index (Phi) is 6.09. The second-order valence-corrected chi connectivity index (χ2v) is 7.13. The van der Waals surface area contributed by atoms with E-state index >= 15 is 0 Å². The number of cyclic esters (lactones) is 1. The van der Waals surface area contributed by atoms with Crippen molar-refractivity contribution in [3.63, 3.8) is 0 Å². The Balaban J connectivity index is 1.98. The summed E-state index contributed by atoms with van der Waals surface area (Å²) in [6, 6.07) is 8.41. The van der Waals surface area contributed by atoms with Gasteiger partial charge in [0.15, 0.2) is 17.2 Å². The highest BCUT2D eigenvalue weighted by atomic mass is 79.9. The zero-order valence-corrected chi connectivity index (χ0v) is 17.5. The number of aliphatic imine (C=N–C) groups is 1. The lowest BCUT2D eigenvalue weighted by Gasteiger charge is -2.12. The zero-order chi connectivity index (χ0) is 19.6. The van der Waals surface area contributed by atoms with Gasteiger partial charge in [-0.1, -0.05) is 23.2 Å². The molecule has 0 radical (unpaired) electrons. The summed E-state index contributed by atoms with van der Waals surface area (Å²) in [5.74, 6) is 0.688. The molecule has 0 atom stereocenters. The molecule has 2 aromatic rings. The fourth-order valence-electron chi connectivity index (χ4n) is 2.45. The Morgan fingerprint density at radius 2 is 2.04 bits per heavy atom. The third-order valence-electron chi connectivity index (χ3n) is 3.63. The molecule has 0 unspecified atom stereocenters. The number of ether oxygens (including phenoxy) is 3. The summed E-state index contributed by atoms with van der Waals surface area (Å²) in [6.07, 6.45) is 1.60. The van der Waals surface area contributed by atoms with E-state index in [1.54, 1.807) is 43.5 Å². The second-order valence-electron chi connectivity index (χ2n) is 5.43. The highest BCUT2D eigenvalue weighted by Gasteiger charge is 2.26. The SMILES string of the molecule is CCOc1c(Br)cc(/C=C2\N=C(c3ccc(Cl)cc3Cl)OC2=O)cc1OC. The van der Waals surface area contributed by atoms with Crippen LogP contribution in [0.2, 0.25) is 10.0 Å². The van der Waals surface area contributed by atoms with Gasteiger partial charge < -0.3 is 14.2 Å². The third kappa shape index (κ3) is 4.29. The first kappa shape index (κ1) is 19.7. The minimum atomic E-state index is -0.569. The normalized spacial score (nSPS) is 14.9. The Hall–Kier alpha value is -2.02. The van der Waals surface area contributed by atoms with E-state index in [2.05, 4.69) is 20.9 Å². The largest absolute Gasteiger partial charge is 0.493 e. The number of esters is 1. The van der Waals surface area contributed by atoms with Crippen LogP contribution in [0.1, 0.15) is 18.1 Å². The maximum Gasteiger partial charge on any atom is 0.363 e. The molecular formula is C19H14BrCl2NO4. The number of carbonyl (C=O) groups excluding carboxylic acids is 1. The van der Waals surface area contributed by atoms with Crippen molar-refractivity contribution in [3.05, 3.63) is 61.7 Å². The van der Waals surface area contributed by atoms with Gasteiger partial charge in [-0.25, -0.2) is 9.79 Å². The van der Waals surface area contributed by atoms with Gasteiger partial charge in [0.25, 0.3) is 0 Å². The van der Waals surface area contributed by atoms with E-state index in [1.165, 1.54) is 0 Å². The van der Waals surface area contributed by atoms with Crippen LogP contribution in [0.3, 0.4) is 0 Å². The van der Waals surface area contributed by atoms with Gasteiger partial charge in [0.2, 0.25) is 5.90 Å². The van der Waals surface area contributed by atoms with Crippen molar-refractivity contribution in [2.45, 2.75) is 6.92 Å². The molecule has 1 aliphatic rings. The Morgan fingerprint density at radius 3 is 2.70 bits per heavy atom. The van der Waals surface area contributed by atoms with Crippen molar-refractivity contribution >= 4 is 57.1 Å². The van der Waals surface area contributed by atoms with E-state index in [4.69, 9.17) is 37.4 Å². The van der Waals surface area contributed by atoms with Crippen LogP contribution in [0.4, 0.5) is 0 Å². The summed E-state index contributed by atoms with van der Waals surface area (Å²) in [5.41, 5.74) is 1.33. The molecule has 5 nitrogen and oxygen atoms in total. The van der Waals surface area contributed by atoms with E-state index in [-0.39, 0.29) is 11.6 Å². The van der Waals surface area contributed by atoms with Gasteiger partial charge in [-0.2, -0.15) is 0 Å². The minimum absolute atomic E-state index is 0.130. The topological polar surface area (TPSA) is 57.1 Å². The molecule has 8 heteroatoms. The van der Waals surface area contributed by atoms with Gasteiger partial charge in [0.05, 0.1) is 28.8 Å². The number of benzene rings is 2. The molecule has 27 heavy (non-hydrogen) atoms. The molecule has 3 rings (SSSR count). The van der Waals surface area contributed by atoms with Crippen molar-refractivity contribution in [1.82, 2.24) is 0 Å². The van der Waals surface area contributed by atoms with Crippen LogP contribution >= 0.6 is 39.1 Å². The van der Waals surface area contributed by atoms with Crippen LogP contribution in [0.15, 0.2) is 45.5 Å². The summed E-state index contributed by atoms with van der Waals surface area (Å²) in [5, 5.41) is 0.830. The molecule has 140 valence electrons. The molecule has 1 heterocycles. The van der Waals surface area contributed by atoms with Gasteiger partial charge in [-0.3, -0.25) is 0 Å². The smallest absolute Gasteiger partial charge is 0.363 e. The fraction of sp³-hybridized carbons (Fsp3) is 0.158. The molecule has 0 amide bonds. The summed E-state index contributed by atoms with van der Waals surface area (Å²) < 4.78 is 16.9. The first-order valence-corrected chi connectivity index (χ1v) is 9.46. The number of nitrogens with zero attached hydrogens (tertiary/aromatic N) is 1. The van der Waals surface area contributed by atoms with Crippen molar-refractivity contribution < 1.29 is 19.0 Å².